The molecule has 0 N–H and O–H groups in total. The molecular formula is C22H28NO2P. The quantitative estimate of drug-likeness (QED) is 0.742. The normalized spacial score (nSPS) is 17.5. The van der Waals surface area contributed by atoms with Gasteiger partial charge < -0.3 is 9.64 Å². The zero-order valence-corrected chi connectivity index (χ0v) is 16.8. The first-order chi connectivity index (χ1) is 12.4. The van der Waals surface area contributed by atoms with Crippen molar-refractivity contribution in [2.45, 2.75) is 45.3 Å². The summed E-state index contributed by atoms with van der Waals surface area (Å²) in [6, 6.07) is 21.6. The second-order valence-electron chi connectivity index (χ2n) is 7.75. The lowest BCUT2D eigenvalue weighted by Crippen LogP contribution is -2.41. The summed E-state index contributed by atoms with van der Waals surface area (Å²) in [5.41, 5.74) is -0.451. The molecule has 0 bridgehead atoms. The molecule has 0 aliphatic carbocycles. The highest BCUT2D eigenvalue weighted by Crippen LogP contribution is 2.38. The molecule has 3 nitrogen and oxygen atoms in total. The maximum absolute atomic E-state index is 12.6. The summed E-state index contributed by atoms with van der Waals surface area (Å²) in [4.78, 5) is 14.6. The molecule has 1 saturated heterocycles. The Labute approximate surface area is 158 Å². The number of ether oxygens (including phenoxy) is 1. The van der Waals surface area contributed by atoms with Crippen LogP contribution in [0.25, 0.3) is 0 Å². The number of nitrogens with zero attached hydrogens (tertiary/aromatic N) is 1. The molecule has 3 rings (SSSR count). The van der Waals surface area contributed by atoms with Gasteiger partial charge in [0.25, 0.3) is 0 Å². The van der Waals surface area contributed by atoms with Crippen molar-refractivity contribution in [3.8, 4) is 0 Å². The molecule has 0 aromatic heterocycles. The largest absolute Gasteiger partial charge is 0.444 e. The minimum absolute atomic E-state index is 0.170. The molecule has 0 unspecified atom stereocenters. The molecule has 1 aliphatic rings. The summed E-state index contributed by atoms with van der Waals surface area (Å²) in [5.74, 6) is 0. The van der Waals surface area contributed by atoms with Gasteiger partial charge in [-0.2, -0.15) is 0 Å². The number of hydrogen-bond donors (Lipinski definition) is 0. The number of rotatable bonds is 4. The molecule has 26 heavy (non-hydrogen) atoms. The third kappa shape index (κ3) is 4.86. The fourth-order valence-electron chi connectivity index (χ4n) is 3.37. The van der Waals surface area contributed by atoms with Crippen LogP contribution in [-0.4, -0.2) is 35.3 Å². The highest BCUT2D eigenvalue weighted by molar-refractivity contribution is 7.73. The lowest BCUT2D eigenvalue weighted by atomic mass is 10.2. The first kappa shape index (κ1) is 18.9. The van der Waals surface area contributed by atoms with Crippen LogP contribution in [-0.2, 0) is 4.74 Å². The number of benzene rings is 2. The third-order valence-electron chi connectivity index (χ3n) is 4.53. The van der Waals surface area contributed by atoms with E-state index in [1.165, 1.54) is 10.6 Å². The van der Waals surface area contributed by atoms with Crippen LogP contribution < -0.4 is 10.6 Å². The van der Waals surface area contributed by atoms with Crippen molar-refractivity contribution in [3.63, 3.8) is 0 Å². The van der Waals surface area contributed by atoms with E-state index in [1.807, 2.05) is 25.7 Å². The summed E-state index contributed by atoms with van der Waals surface area (Å²) in [7, 11) is -0.496. The molecule has 0 radical (unpaired) electrons. The first-order valence-electron chi connectivity index (χ1n) is 9.31. The molecule has 4 heteroatoms. The SMILES string of the molecule is CC(C)(C)OC(=O)N1CCC[C@H]1CP(c1ccccc1)c1ccccc1. The van der Waals surface area contributed by atoms with Gasteiger partial charge in [-0.3, -0.25) is 0 Å². The summed E-state index contributed by atoms with van der Waals surface area (Å²) in [6.45, 7) is 6.58. The van der Waals surface area contributed by atoms with Crippen LogP contribution in [0.1, 0.15) is 33.6 Å². The summed E-state index contributed by atoms with van der Waals surface area (Å²) in [5, 5.41) is 2.73. The second kappa shape index (κ2) is 8.22. The molecule has 0 spiro atoms. The molecule has 0 saturated carbocycles. The van der Waals surface area contributed by atoms with Crippen LogP contribution in [0.2, 0.25) is 0 Å². The van der Waals surface area contributed by atoms with Gasteiger partial charge in [-0.15, -0.1) is 0 Å². The Morgan fingerprint density at radius 3 is 2.08 bits per heavy atom. The number of amides is 1. The smallest absolute Gasteiger partial charge is 0.410 e. The summed E-state index contributed by atoms with van der Waals surface area (Å²) < 4.78 is 5.64. The fourth-order valence-corrected chi connectivity index (χ4v) is 5.96. The van der Waals surface area contributed by atoms with E-state index >= 15 is 0 Å². The third-order valence-corrected chi connectivity index (χ3v) is 7.16. The molecule has 1 aliphatic heterocycles. The number of carbonyl (C=O) groups is 1. The van der Waals surface area contributed by atoms with Crippen LogP contribution in [0.3, 0.4) is 0 Å². The van der Waals surface area contributed by atoms with Gasteiger partial charge in [-0.05, 0) is 58.3 Å². The average Bonchev–Trinajstić information content (AvgIpc) is 3.08. The maximum Gasteiger partial charge on any atom is 0.410 e. The second-order valence-corrected chi connectivity index (χ2v) is 10.0. The molecular weight excluding hydrogens is 341 g/mol. The Balaban J connectivity index is 1.81. The van der Waals surface area contributed by atoms with E-state index in [0.29, 0.717) is 0 Å². The molecule has 138 valence electrons. The topological polar surface area (TPSA) is 29.5 Å². The highest BCUT2D eigenvalue weighted by Gasteiger charge is 2.34. The molecule has 2 aromatic carbocycles. The molecule has 1 amide bonds. The van der Waals surface area contributed by atoms with E-state index < -0.39 is 13.5 Å². The van der Waals surface area contributed by atoms with Gasteiger partial charge in [-0.1, -0.05) is 60.7 Å². The van der Waals surface area contributed by atoms with E-state index in [0.717, 1.165) is 25.5 Å². The molecule has 1 heterocycles. The predicted octanol–water partition coefficient (Wildman–Crippen LogP) is 4.52. The molecule has 1 fully saturated rings. The Morgan fingerprint density at radius 2 is 1.58 bits per heavy atom. The van der Waals surface area contributed by atoms with Gasteiger partial charge in [0.15, 0.2) is 0 Å². The van der Waals surface area contributed by atoms with Gasteiger partial charge in [0.1, 0.15) is 5.60 Å². The summed E-state index contributed by atoms with van der Waals surface area (Å²) in [6.07, 6.45) is 2.92. The van der Waals surface area contributed by atoms with Gasteiger partial charge in [-0.25, -0.2) is 4.79 Å². The van der Waals surface area contributed by atoms with E-state index in [-0.39, 0.29) is 12.1 Å². The number of likely N-dealkylation sites (tertiary alicyclic amines) is 1. The van der Waals surface area contributed by atoms with Crippen molar-refractivity contribution in [3.05, 3.63) is 60.7 Å². The Hall–Kier alpha value is -1.86. The van der Waals surface area contributed by atoms with E-state index in [2.05, 4.69) is 60.7 Å². The fraction of sp³-hybridized carbons (Fsp3) is 0.409. The van der Waals surface area contributed by atoms with Crippen LogP contribution in [0.15, 0.2) is 60.7 Å². The van der Waals surface area contributed by atoms with Crippen molar-refractivity contribution >= 4 is 24.6 Å². The van der Waals surface area contributed by atoms with E-state index in [1.54, 1.807) is 0 Å². The Kier molecular flexibility index (Phi) is 5.98. The first-order valence-corrected chi connectivity index (χ1v) is 10.8. The van der Waals surface area contributed by atoms with Crippen LogP contribution >= 0.6 is 7.92 Å². The number of hydrogen-bond acceptors (Lipinski definition) is 2. The highest BCUT2D eigenvalue weighted by atomic mass is 31.1. The van der Waals surface area contributed by atoms with Crippen molar-refractivity contribution in [2.75, 3.05) is 12.7 Å². The summed E-state index contributed by atoms with van der Waals surface area (Å²) >= 11 is 0. The van der Waals surface area contributed by atoms with Crippen LogP contribution in [0, 0.1) is 0 Å². The van der Waals surface area contributed by atoms with E-state index in [4.69, 9.17) is 4.74 Å². The van der Waals surface area contributed by atoms with Gasteiger partial charge >= 0.3 is 6.09 Å². The Morgan fingerprint density at radius 1 is 1.04 bits per heavy atom. The van der Waals surface area contributed by atoms with Crippen LogP contribution in [0.5, 0.6) is 0 Å². The molecule has 2 aromatic rings. The van der Waals surface area contributed by atoms with E-state index in [9.17, 15) is 4.79 Å². The predicted molar refractivity (Wildman–Crippen MR) is 110 cm³/mol. The van der Waals surface area contributed by atoms with Gasteiger partial charge in [0, 0.05) is 12.6 Å². The van der Waals surface area contributed by atoms with Crippen molar-refractivity contribution in [1.29, 1.82) is 0 Å². The van der Waals surface area contributed by atoms with Crippen molar-refractivity contribution < 1.29 is 9.53 Å². The number of carbonyl (C=O) groups excluding carboxylic acids is 1. The van der Waals surface area contributed by atoms with Crippen molar-refractivity contribution in [2.24, 2.45) is 0 Å². The lowest BCUT2D eigenvalue weighted by Gasteiger charge is -2.31. The van der Waals surface area contributed by atoms with Crippen LogP contribution in [0.4, 0.5) is 4.79 Å². The minimum Gasteiger partial charge on any atom is -0.444 e. The lowest BCUT2D eigenvalue weighted by molar-refractivity contribution is 0.0241. The zero-order valence-electron chi connectivity index (χ0n) is 15.9. The zero-order chi connectivity index (χ0) is 18.6. The average molecular weight is 369 g/mol. The molecule has 1 atom stereocenters. The monoisotopic (exact) mass is 369 g/mol. The van der Waals surface area contributed by atoms with Gasteiger partial charge in [0.2, 0.25) is 0 Å². The van der Waals surface area contributed by atoms with Gasteiger partial charge in [0.05, 0.1) is 0 Å². The minimum atomic E-state index is -0.496. The maximum atomic E-state index is 12.6. The Bertz CT molecular complexity index is 672. The van der Waals surface area contributed by atoms with Crippen molar-refractivity contribution in [1.82, 2.24) is 4.90 Å². The standard InChI is InChI=1S/C22H28NO2P/c1-22(2,3)25-21(24)23-16-10-11-18(23)17-26(19-12-6-4-7-13-19)20-14-8-5-9-15-20/h4-9,12-15,18H,10-11,16-17H2,1-3H3/t18-/m0/s1.